The van der Waals surface area contributed by atoms with Gasteiger partial charge in [-0.1, -0.05) is 28.8 Å². The number of ketones is 1. The molecule has 3 nitrogen and oxygen atoms in total. The molecule has 16 heavy (non-hydrogen) atoms. The Morgan fingerprint density at radius 3 is 2.38 bits per heavy atom. The molecule has 1 saturated carbocycles. The Morgan fingerprint density at radius 2 is 1.94 bits per heavy atom. The summed E-state index contributed by atoms with van der Waals surface area (Å²) < 4.78 is 5.06. The first-order valence-corrected chi connectivity index (χ1v) is 6.96. The number of hydrogen-bond donors (Lipinski definition) is 0. The van der Waals surface area contributed by atoms with E-state index in [2.05, 4.69) is 15.9 Å². The third-order valence-electron chi connectivity index (χ3n) is 3.57. The standard InChI is InChI=1S/C12H19BrO3/c1-3-16-11(15)12(2,10(14)8-13)9-6-4-5-7-9/h9H,3-8H2,1-2H3. The predicted octanol–water partition coefficient (Wildman–Crippen LogP) is 2.71. The SMILES string of the molecule is CCOC(=O)C(C)(C(=O)CBr)C1CCCC1. The Kier molecular flexibility index (Phi) is 4.96. The van der Waals surface area contributed by atoms with Gasteiger partial charge in [-0.05, 0) is 32.6 Å². The first kappa shape index (κ1) is 13.7. The van der Waals surface area contributed by atoms with Crippen molar-refractivity contribution in [2.24, 2.45) is 11.3 Å². The summed E-state index contributed by atoms with van der Waals surface area (Å²) in [6, 6.07) is 0. The molecule has 0 bridgehead atoms. The maximum atomic E-state index is 12.0. The lowest BCUT2D eigenvalue weighted by Crippen LogP contribution is -2.44. The van der Waals surface area contributed by atoms with Crippen LogP contribution in [0, 0.1) is 11.3 Å². The van der Waals surface area contributed by atoms with Crippen LogP contribution in [0.1, 0.15) is 39.5 Å². The van der Waals surface area contributed by atoms with Crippen LogP contribution in [0.4, 0.5) is 0 Å². The van der Waals surface area contributed by atoms with Crippen molar-refractivity contribution in [1.82, 2.24) is 0 Å². The average molecular weight is 291 g/mol. The minimum Gasteiger partial charge on any atom is -0.465 e. The van der Waals surface area contributed by atoms with Crippen molar-refractivity contribution in [2.45, 2.75) is 39.5 Å². The molecule has 0 radical (unpaired) electrons. The first-order chi connectivity index (χ1) is 7.57. The fourth-order valence-electron chi connectivity index (χ4n) is 2.43. The van der Waals surface area contributed by atoms with E-state index in [1.165, 1.54) is 0 Å². The number of alkyl halides is 1. The molecule has 0 aromatic carbocycles. The predicted molar refractivity (Wildman–Crippen MR) is 65.5 cm³/mol. The molecular weight excluding hydrogens is 272 g/mol. The third-order valence-corrected chi connectivity index (χ3v) is 4.08. The fourth-order valence-corrected chi connectivity index (χ4v) is 3.01. The van der Waals surface area contributed by atoms with Gasteiger partial charge < -0.3 is 4.74 Å². The Balaban J connectivity index is 2.90. The van der Waals surface area contributed by atoms with E-state index in [4.69, 9.17) is 4.74 Å². The number of esters is 1. The van der Waals surface area contributed by atoms with Gasteiger partial charge in [0.2, 0.25) is 0 Å². The zero-order valence-corrected chi connectivity index (χ0v) is 11.5. The maximum absolute atomic E-state index is 12.0. The summed E-state index contributed by atoms with van der Waals surface area (Å²) in [6.45, 7) is 3.84. The van der Waals surface area contributed by atoms with Gasteiger partial charge in [0.15, 0.2) is 5.78 Å². The Labute approximate surface area is 105 Å². The molecule has 0 heterocycles. The molecule has 0 spiro atoms. The summed E-state index contributed by atoms with van der Waals surface area (Å²) in [4.78, 5) is 24.0. The highest BCUT2D eigenvalue weighted by Crippen LogP contribution is 2.41. The highest BCUT2D eigenvalue weighted by Gasteiger charge is 2.48. The van der Waals surface area contributed by atoms with Crippen LogP contribution in [0.5, 0.6) is 0 Å². The molecule has 1 rings (SSSR count). The number of Topliss-reactive ketones (excluding diaryl/α,β-unsaturated/α-hetero) is 1. The number of rotatable bonds is 5. The third kappa shape index (κ3) is 2.47. The van der Waals surface area contributed by atoms with Crippen molar-refractivity contribution in [1.29, 1.82) is 0 Å². The normalized spacial score (nSPS) is 20.4. The molecule has 0 aromatic heterocycles. The smallest absolute Gasteiger partial charge is 0.319 e. The van der Waals surface area contributed by atoms with Crippen molar-refractivity contribution >= 4 is 27.7 Å². The van der Waals surface area contributed by atoms with Crippen molar-refractivity contribution in [3.63, 3.8) is 0 Å². The summed E-state index contributed by atoms with van der Waals surface area (Å²) in [5, 5.41) is 0.221. The lowest BCUT2D eigenvalue weighted by atomic mass is 9.73. The number of halogens is 1. The number of ether oxygens (including phenoxy) is 1. The van der Waals surface area contributed by atoms with E-state index in [0.717, 1.165) is 25.7 Å². The summed E-state index contributed by atoms with van der Waals surface area (Å²) in [7, 11) is 0. The lowest BCUT2D eigenvalue weighted by Gasteiger charge is -2.31. The minimum absolute atomic E-state index is 0.0575. The van der Waals surface area contributed by atoms with Crippen LogP contribution >= 0.6 is 15.9 Å². The van der Waals surface area contributed by atoms with Gasteiger partial charge in [-0.15, -0.1) is 0 Å². The van der Waals surface area contributed by atoms with E-state index in [1.54, 1.807) is 13.8 Å². The minimum atomic E-state index is -0.948. The lowest BCUT2D eigenvalue weighted by molar-refractivity contribution is -0.162. The van der Waals surface area contributed by atoms with Crippen LogP contribution in [0.3, 0.4) is 0 Å². The maximum Gasteiger partial charge on any atom is 0.319 e. The molecule has 0 amide bonds. The van der Waals surface area contributed by atoms with Crippen molar-refractivity contribution < 1.29 is 14.3 Å². The van der Waals surface area contributed by atoms with E-state index in [1.807, 2.05) is 0 Å². The molecule has 4 heteroatoms. The van der Waals surface area contributed by atoms with Crippen molar-refractivity contribution in [3.05, 3.63) is 0 Å². The first-order valence-electron chi connectivity index (χ1n) is 5.83. The molecule has 1 aliphatic carbocycles. The fraction of sp³-hybridized carbons (Fsp3) is 0.833. The van der Waals surface area contributed by atoms with Crippen LogP contribution in [0.15, 0.2) is 0 Å². The number of carbonyl (C=O) groups is 2. The highest BCUT2D eigenvalue weighted by atomic mass is 79.9. The van der Waals surface area contributed by atoms with Gasteiger partial charge in [-0.2, -0.15) is 0 Å². The van der Waals surface area contributed by atoms with Crippen LogP contribution in [-0.2, 0) is 14.3 Å². The van der Waals surface area contributed by atoms with Crippen LogP contribution in [0.25, 0.3) is 0 Å². The monoisotopic (exact) mass is 290 g/mol. The van der Waals surface area contributed by atoms with Crippen molar-refractivity contribution in [2.75, 3.05) is 11.9 Å². The number of carbonyl (C=O) groups excluding carboxylic acids is 2. The molecule has 0 aromatic rings. The summed E-state index contributed by atoms with van der Waals surface area (Å²) in [5.41, 5.74) is -0.948. The van der Waals surface area contributed by atoms with Gasteiger partial charge in [0.1, 0.15) is 5.41 Å². The summed E-state index contributed by atoms with van der Waals surface area (Å²) in [6.07, 6.45) is 4.12. The van der Waals surface area contributed by atoms with Gasteiger partial charge >= 0.3 is 5.97 Å². The Morgan fingerprint density at radius 1 is 1.38 bits per heavy atom. The molecule has 1 fully saturated rings. The zero-order valence-electron chi connectivity index (χ0n) is 9.92. The molecule has 0 aliphatic heterocycles. The van der Waals surface area contributed by atoms with E-state index < -0.39 is 5.41 Å². The second-order valence-electron chi connectivity index (χ2n) is 4.46. The van der Waals surface area contributed by atoms with E-state index >= 15 is 0 Å². The topological polar surface area (TPSA) is 43.4 Å². The van der Waals surface area contributed by atoms with Crippen LogP contribution in [-0.4, -0.2) is 23.7 Å². The molecule has 1 unspecified atom stereocenters. The van der Waals surface area contributed by atoms with Gasteiger partial charge in [-0.25, -0.2) is 0 Å². The van der Waals surface area contributed by atoms with Gasteiger partial charge in [0.05, 0.1) is 11.9 Å². The van der Waals surface area contributed by atoms with Gasteiger partial charge in [0, 0.05) is 0 Å². The highest BCUT2D eigenvalue weighted by molar-refractivity contribution is 9.09. The zero-order chi connectivity index (χ0) is 12.2. The van der Waals surface area contributed by atoms with E-state index in [-0.39, 0.29) is 23.0 Å². The van der Waals surface area contributed by atoms with Gasteiger partial charge in [-0.3, -0.25) is 9.59 Å². The quantitative estimate of drug-likeness (QED) is 0.444. The molecule has 0 saturated heterocycles. The van der Waals surface area contributed by atoms with Crippen LogP contribution in [0.2, 0.25) is 0 Å². The van der Waals surface area contributed by atoms with E-state index in [9.17, 15) is 9.59 Å². The summed E-state index contributed by atoms with van der Waals surface area (Å²) >= 11 is 3.16. The second kappa shape index (κ2) is 5.80. The van der Waals surface area contributed by atoms with Crippen molar-refractivity contribution in [3.8, 4) is 0 Å². The average Bonchev–Trinajstić information content (AvgIpc) is 2.80. The second-order valence-corrected chi connectivity index (χ2v) is 5.02. The Hall–Kier alpha value is -0.380. The molecule has 1 atom stereocenters. The molecule has 1 aliphatic rings. The van der Waals surface area contributed by atoms with Gasteiger partial charge in [0.25, 0.3) is 0 Å². The molecule has 0 N–H and O–H groups in total. The molecule has 92 valence electrons. The largest absolute Gasteiger partial charge is 0.465 e. The van der Waals surface area contributed by atoms with E-state index in [0.29, 0.717) is 6.61 Å². The Bertz CT molecular complexity index is 271. The molecular formula is C12H19BrO3. The summed E-state index contributed by atoms with van der Waals surface area (Å²) in [5.74, 6) is -0.263. The number of hydrogen-bond acceptors (Lipinski definition) is 3. The van der Waals surface area contributed by atoms with Crippen LogP contribution < -0.4 is 0 Å².